The summed E-state index contributed by atoms with van der Waals surface area (Å²) in [6.07, 6.45) is 0. The lowest BCUT2D eigenvalue weighted by Gasteiger charge is -2.35. The molecule has 1 atom stereocenters. The van der Waals surface area contributed by atoms with E-state index in [0.29, 0.717) is 11.4 Å². The summed E-state index contributed by atoms with van der Waals surface area (Å²) < 4.78 is 5.35. The maximum Gasteiger partial charge on any atom is 0.137 e. The highest BCUT2D eigenvalue weighted by Gasteiger charge is 2.44. The van der Waals surface area contributed by atoms with E-state index in [1.54, 1.807) is 30.6 Å². The summed E-state index contributed by atoms with van der Waals surface area (Å²) in [5.74, 6) is 0.797. The van der Waals surface area contributed by atoms with Crippen molar-refractivity contribution in [1.29, 1.82) is 10.7 Å². The van der Waals surface area contributed by atoms with Crippen molar-refractivity contribution in [3.63, 3.8) is 0 Å². The molecular weight excluding hydrogens is 448 g/mol. The van der Waals surface area contributed by atoms with Crippen molar-refractivity contribution in [2.45, 2.75) is 15.7 Å². The smallest absolute Gasteiger partial charge is 0.137 e. The predicted molar refractivity (Wildman–Crippen MR) is 134 cm³/mol. The molecule has 3 aromatic rings. The highest BCUT2D eigenvalue weighted by atomic mass is 32.2. The summed E-state index contributed by atoms with van der Waals surface area (Å²) in [6, 6.07) is 26.5. The molecule has 0 amide bonds. The van der Waals surface area contributed by atoms with E-state index in [9.17, 15) is 10.7 Å². The number of nitriles is 1. The van der Waals surface area contributed by atoms with Gasteiger partial charge in [0.25, 0.3) is 0 Å². The Morgan fingerprint density at radius 2 is 1.70 bits per heavy atom. The standard InChI is InChI=1S/C26H18N4OS2/c1-31-16-12-10-15(11-13-16)22-17(14-27)26-30(19-7-3-5-9-21(19)33-26)24(28)23(22)25-29-18-6-2-4-8-20(18)32-25/h2-13,22,28-29H,1H3/b25-23+,28-24?/t22-/m1/s1. The number of benzene rings is 3. The van der Waals surface area contributed by atoms with E-state index in [1.807, 2.05) is 71.6 Å². The van der Waals surface area contributed by atoms with Gasteiger partial charge in [-0.05, 0) is 42.0 Å². The number of thioether (sulfide) groups is 2. The van der Waals surface area contributed by atoms with Gasteiger partial charge in [-0.3, -0.25) is 10.3 Å². The van der Waals surface area contributed by atoms with Crippen molar-refractivity contribution in [2.75, 3.05) is 17.3 Å². The predicted octanol–water partition coefficient (Wildman–Crippen LogP) is 6.55. The van der Waals surface area contributed by atoms with Gasteiger partial charge in [-0.25, -0.2) is 0 Å². The van der Waals surface area contributed by atoms with Crippen LogP contribution in [0.4, 0.5) is 11.4 Å². The number of allylic oxidation sites excluding steroid dienone is 1. The lowest BCUT2D eigenvalue weighted by atomic mass is 9.82. The number of methoxy groups -OCH3 is 1. The van der Waals surface area contributed by atoms with Crippen molar-refractivity contribution in [1.82, 2.24) is 0 Å². The molecule has 160 valence electrons. The molecule has 0 fully saturated rings. The summed E-state index contributed by atoms with van der Waals surface area (Å²) in [4.78, 5) is 4.09. The molecule has 5 nitrogen and oxygen atoms in total. The van der Waals surface area contributed by atoms with Gasteiger partial charge in [0, 0.05) is 15.4 Å². The Labute approximate surface area is 200 Å². The number of rotatable bonds is 2. The van der Waals surface area contributed by atoms with E-state index in [2.05, 4.69) is 17.5 Å². The topological polar surface area (TPSA) is 72.1 Å². The fourth-order valence-corrected chi connectivity index (χ4v) is 6.68. The van der Waals surface area contributed by atoms with Crippen LogP contribution in [0.25, 0.3) is 0 Å². The highest BCUT2D eigenvalue weighted by Crippen LogP contribution is 2.56. The Morgan fingerprint density at radius 1 is 0.970 bits per heavy atom. The van der Waals surface area contributed by atoms with Crippen LogP contribution in [0.2, 0.25) is 0 Å². The quantitative estimate of drug-likeness (QED) is 0.446. The minimum atomic E-state index is -0.356. The van der Waals surface area contributed by atoms with Crippen molar-refractivity contribution in [3.8, 4) is 11.8 Å². The van der Waals surface area contributed by atoms with Crippen LogP contribution in [0.1, 0.15) is 11.5 Å². The summed E-state index contributed by atoms with van der Waals surface area (Å²) >= 11 is 3.18. The molecule has 0 radical (unpaired) electrons. The number of amidine groups is 1. The molecule has 3 aliphatic heterocycles. The Bertz CT molecular complexity index is 1390. The second kappa shape index (κ2) is 7.77. The van der Waals surface area contributed by atoms with Gasteiger partial charge in [0.1, 0.15) is 16.6 Å². The zero-order chi connectivity index (χ0) is 22.5. The van der Waals surface area contributed by atoms with E-state index in [1.165, 1.54) is 0 Å². The molecule has 0 saturated carbocycles. The molecular formula is C26H18N4OS2. The van der Waals surface area contributed by atoms with Crippen molar-refractivity contribution in [3.05, 3.63) is 99.6 Å². The Kier molecular flexibility index (Phi) is 4.72. The van der Waals surface area contributed by atoms with Crippen LogP contribution in [-0.4, -0.2) is 12.9 Å². The van der Waals surface area contributed by atoms with Gasteiger partial charge in [-0.15, -0.1) is 0 Å². The van der Waals surface area contributed by atoms with Gasteiger partial charge in [-0.1, -0.05) is 59.9 Å². The average Bonchev–Trinajstić information content (AvgIpc) is 3.45. The van der Waals surface area contributed by atoms with Crippen LogP contribution in [0.3, 0.4) is 0 Å². The fraction of sp³-hybridized carbons (Fsp3) is 0.0769. The molecule has 0 saturated heterocycles. The van der Waals surface area contributed by atoms with E-state index in [0.717, 1.165) is 48.1 Å². The van der Waals surface area contributed by atoms with Gasteiger partial charge in [0.05, 0.1) is 41.1 Å². The number of nitrogens with one attached hydrogen (secondary N) is 2. The van der Waals surface area contributed by atoms with Gasteiger partial charge in [0.2, 0.25) is 0 Å². The van der Waals surface area contributed by atoms with Gasteiger partial charge in [0.15, 0.2) is 0 Å². The average molecular weight is 467 g/mol. The summed E-state index contributed by atoms with van der Waals surface area (Å²) in [6.45, 7) is 0. The van der Waals surface area contributed by atoms with Crippen molar-refractivity contribution < 1.29 is 4.74 Å². The number of hydrogen-bond acceptors (Lipinski definition) is 6. The Balaban J connectivity index is 1.59. The third-order valence-corrected chi connectivity index (χ3v) is 8.23. The molecule has 0 aliphatic carbocycles. The van der Waals surface area contributed by atoms with Gasteiger partial charge >= 0.3 is 0 Å². The monoisotopic (exact) mass is 466 g/mol. The third kappa shape index (κ3) is 3.06. The van der Waals surface area contributed by atoms with Crippen molar-refractivity contribution >= 4 is 40.7 Å². The lowest BCUT2D eigenvalue weighted by Crippen LogP contribution is -2.37. The molecule has 0 spiro atoms. The maximum atomic E-state index is 10.4. The first-order chi connectivity index (χ1) is 16.2. The number of para-hydroxylation sites is 2. The van der Waals surface area contributed by atoms with Crippen LogP contribution in [0.5, 0.6) is 5.75 Å². The van der Waals surface area contributed by atoms with E-state index < -0.39 is 0 Å². The second-order valence-corrected chi connectivity index (χ2v) is 9.84. The van der Waals surface area contributed by atoms with E-state index in [-0.39, 0.29) is 5.92 Å². The summed E-state index contributed by atoms with van der Waals surface area (Å²) in [7, 11) is 1.64. The molecule has 0 aromatic heterocycles. The zero-order valence-corrected chi connectivity index (χ0v) is 19.3. The number of ether oxygens (including phenoxy) is 1. The van der Waals surface area contributed by atoms with E-state index in [4.69, 9.17) is 4.74 Å². The summed E-state index contributed by atoms with van der Waals surface area (Å²) in [5.41, 5.74) is 4.39. The van der Waals surface area contributed by atoms with Crippen LogP contribution in [0, 0.1) is 16.7 Å². The van der Waals surface area contributed by atoms with Crippen molar-refractivity contribution in [2.24, 2.45) is 0 Å². The first kappa shape index (κ1) is 20.0. The molecule has 0 bridgehead atoms. The largest absolute Gasteiger partial charge is 0.497 e. The molecule has 3 heterocycles. The SMILES string of the molecule is COc1ccc([C@@H]2C(C#N)=C3Sc4ccccc4N3C(=N)/C2=C2\Nc3ccccc3S2)cc1. The molecule has 7 heteroatoms. The molecule has 6 rings (SSSR count). The third-order valence-electron chi connectivity index (χ3n) is 5.96. The molecule has 2 N–H and O–H groups in total. The normalized spacial score (nSPS) is 20.7. The fourth-order valence-electron chi connectivity index (χ4n) is 4.43. The van der Waals surface area contributed by atoms with Gasteiger partial charge in [-0.2, -0.15) is 5.26 Å². The van der Waals surface area contributed by atoms with E-state index >= 15 is 0 Å². The van der Waals surface area contributed by atoms with Crippen LogP contribution >= 0.6 is 23.5 Å². The van der Waals surface area contributed by atoms with Crippen LogP contribution < -0.4 is 15.0 Å². The first-order valence-corrected chi connectivity index (χ1v) is 12.0. The number of hydrogen-bond donors (Lipinski definition) is 2. The lowest BCUT2D eigenvalue weighted by molar-refractivity contribution is 0.414. The molecule has 33 heavy (non-hydrogen) atoms. The minimum absolute atomic E-state index is 0.356. The Morgan fingerprint density at radius 3 is 2.42 bits per heavy atom. The highest BCUT2D eigenvalue weighted by molar-refractivity contribution is 8.04. The van der Waals surface area contributed by atoms with Crippen LogP contribution in [-0.2, 0) is 0 Å². The zero-order valence-electron chi connectivity index (χ0n) is 17.6. The second-order valence-electron chi connectivity index (χ2n) is 7.76. The molecule has 0 unspecified atom stereocenters. The molecule has 3 aliphatic rings. The number of fused-ring (bicyclic) bond motifs is 4. The summed E-state index contributed by atoms with van der Waals surface area (Å²) in [5, 5.41) is 24.9. The van der Waals surface area contributed by atoms with Crippen LogP contribution in [0.15, 0.2) is 104 Å². The number of nitrogens with zero attached hydrogens (tertiary/aromatic N) is 2. The Hall–Kier alpha value is -3.60. The maximum absolute atomic E-state index is 10.4. The molecule has 3 aromatic carbocycles. The first-order valence-electron chi connectivity index (χ1n) is 10.4. The number of anilines is 2. The van der Waals surface area contributed by atoms with Gasteiger partial charge < -0.3 is 10.1 Å². The minimum Gasteiger partial charge on any atom is -0.497 e.